The molecule has 0 saturated carbocycles. The number of aryl methyl sites for hydroxylation is 1. The van der Waals surface area contributed by atoms with Crippen molar-refractivity contribution in [3.05, 3.63) is 41.7 Å². The Morgan fingerprint density at radius 1 is 0.541 bits per heavy atom. The monoisotopic (exact) mass is 1210 g/mol. The molecule has 14 N–H and O–H groups in total. The molecular weight excluding hydrogens is 1130 g/mol. The molecule has 8 amide bonds. The van der Waals surface area contributed by atoms with Crippen LogP contribution in [0.25, 0.3) is 5.69 Å². The Morgan fingerprint density at radius 2 is 1.00 bits per heavy atom. The largest absolute Gasteiger partial charge is 0.481 e. The Bertz CT molecular complexity index is 2590. The van der Waals surface area contributed by atoms with Crippen LogP contribution < -0.4 is 37.2 Å². The first-order valence-corrected chi connectivity index (χ1v) is 27.6. The van der Waals surface area contributed by atoms with Crippen molar-refractivity contribution in [1.29, 1.82) is 0 Å². The van der Waals surface area contributed by atoms with E-state index in [9.17, 15) is 87.1 Å². The maximum Gasteiger partial charge on any atom is 0.326 e. The van der Waals surface area contributed by atoms with Gasteiger partial charge < -0.3 is 77.9 Å². The average molecular weight is 1210 g/mol. The zero-order valence-electron chi connectivity index (χ0n) is 47.2. The van der Waals surface area contributed by atoms with E-state index < -0.39 is 140 Å². The molecule has 2 unspecified atom stereocenters. The Kier molecular flexibility index (Phi) is 32.8. The van der Waals surface area contributed by atoms with Crippen LogP contribution in [0.2, 0.25) is 0 Å². The van der Waals surface area contributed by atoms with Gasteiger partial charge in [-0.1, -0.05) is 11.6 Å². The van der Waals surface area contributed by atoms with E-state index in [2.05, 4.69) is 42.2 Å². The second-order valence-electron chi connectivity index (χ2n) is 20.0. The molecule has 0 radical (unpaired) electrons. The van der Waals surface area contributed by atoms with Gasteiger partial charge in [-0.05, 0) is 121 Å². The number of hydrogen-bond acceptors (Lipinski definition) is 15. The van der Waals surface area contributed by atoms with Gasteiger partial charge in [-0.15, -0.1) is 5.10 Å². The van der Waals surface area contributed by atoms with Gasteiger partial charge in [0.15, 0.2) is 0 Å². The Labute approximate surface area is 487 Å². The first kappa shape index (κ1) is 72.1. The zero-order valence-corrected chi connectivity index (χ0v) is 47.2. The molecule has 0 aliphatic rings. The van der Waals surface area contributed by atoms with Crippen molar-refractivity contribution in [3.8, 4) is 5.69 Å². The Balaban J connectivity index is 2.31. The smallest absolute Gasteiger partial charge is 0.326 e. The Hall–Kier alpha value is -9.00. The number of hydrogen-bond donors (Lipinski definition) is 14. The fourth-order valence-electron chi connectivity index (χ4n) is 8.49. The molecule has 0 bridgehead atoms. The quantitative estimate of drug-likeness (QED) is 0.0420. The summed E-state index contributed by atoms with van der Waals surface area (Å²) in [6.07, 6.45) is 0.541. The van der Waals surface area contributed by atoms with Crippen LogP contribution in [0, 0.1) is 0 Å². The van der Waals surface area contributed by atoms with Crippen molar-refractivity contribution >= 4 is 77.5 Å². The summed E-state index contributed by atoms with van der Waals surface area (Å²) in [4.78, 5) is 161. The van der Waals surface area contributed by atoms with E-state index in [0.717, 1.165) is 7.05 Å². The van der Waals surface area contributed by atoms with Crippen LogP contribution in [-0.2, 0) is 54.4 Å². The van der Waals surface area contributed by atoms with Crippen molar-refractivity contribution in [2.45, 2.75) is 171 Å². The number of rotatable bonds is 45. The van der Waals surface area contributed by atoms with E-state index >= 15 is 0 Å². The second-order valence-corrected chi connectivity index (χ2v) is 20.0. The number of urea groups is 2. The lowest BCUT2D eigenvalue weighted by Crippen LogP contribution is -2.52. The van der Waals surface area contributed by atoms with Crippen LogP contribution in [0.5, 0.6) is 0 Å². The van der Waals surface area contributed by atoms with Gasteiger partial charge >= 0.3 is 53.8 Å². The molecule has 31 nitrogen and oxygen atoms in total. The maximum atomic E-state index is 14.2. The molecule has 0 spiro atoms. The number of carboxylic acids is 7. The van der Waals surface area contributed by atoms with Gasteiger partial charge in [-0.3, -0.25) is 38.0 Å². The lowest BCUT2D eigenvalue weighted by atomic mass is 9.82. The van der Waals surface area contributed by atoms with Gasteiger partial charge in [0.25, 0.3) is 5.91 Å². The first-order chi connectivity index (χ1) is 40.3. The molecule has 0 aliphatic carbocycles. The van der Waals surface area contributed by atoms with Gasteiger partial charge in [0.1, 0.15) is 24.2 Å². The molecule has 1 aromatic carbocycles. The number of nitrogens with zero attached hydrogens (tertiary/aromatic N) is 4. The fraction of sp³-hybridized carbons (Fsp3) is 0.604. The number of aliphatic carboxylic acids is 7. The molecule has 2 aromatic rings. The molecule has 0 fully saturated rings. The summed E-state index contributed by atoms with van der Waals surface area (Å²) in [6, 6.07) is -2.29. The van der Waals surface area contributed by atoms with Crippen molar-refractivity contribution in [2.24, 2.45) is 0 Å². The molecule has 32 heteroatoms. The second kappa shape index (κ2) is 38.7. The molecule has 2 rings (SSSR count). The minimum absolute atomic E-state index is 0.00233. The summed E-state index contributed by atoms with van der Waals surface area (Å²) >= 11 is 0. The summed E-state index contributed by atoms with van der Waals surface area (Å²) in [5.41, 5.74) is -0.291. The molecule has 5 atom stereocenters. The molecule has 85 heavy (non-hydrogen) atoms. The highest BCUT2D eigenvalue weighted by Crippen LogP contribution is 2.27. The Morgan fingerprint density at radius 3 is 1.46 bits per heavy atom. The van der Waals surface area contributed by atoms with Crippen LogP contribution in [0.4, 0.5) is 14.0 Å². The first-order valence-electron chi connectivity index (χ1n) is 27.6. The zero-order chi connectivity index (χ0) is 63.5. The number of unbranched alkanes of at least 4 members (excludes halogenated alkanes) is 4. The van der Waals surface area contributed by atoms with Crippen molar-refractivity contribution in [2.75, 3.05) is 33.4 Å². The highest BCUT2D eigenvalue weighted by atomic mass is 19.1. The summed E-state index contributed by atoms with van der Waals surface area (Å²) in [5, 5.41) is 90.9. The van der Waals surface area contributed by atoms with Crippen molar-refractivity contribution in [1.82, 2.24) is 57.1 Å². The third kappa shape index (κ3) is 29.7. The topological polar surface area (TPSA) is 482 Å². The number of benzene rings is 1. The standard InChI is InChI=1S/C53H78FN11O20/c1-64(39(50(82)83)19-21-45(73)74)52(85)60-37(48(78)79)12-5-8-31-57-42(68)24-27-53(25-22-40(66)55-29-6-2-3-13-43(69)70,61-46(75)33-14-16-35(17-15-33)65-32-34(62-63-65)10-9-28-54)26-23-41(67)56-30-7-4-11-36(47(76)77)58-51(84)59-38(49(80)81)18-20-44(71)72/h14-17,32,36-39H,2-13,18-31H2,1H3,(H,55,66)(H,56,67)(H,57,68)(H,60,85)(H,61,75)(H,69,70)(H,71,72)(H,73,74)(H,76,77)(H,78,79)(H,80,81)(H,82,83)(H2,58,59,84)/t36-,37-,38-,39?,53?/m0/s1. The van der Waals surface area contributed by atoms with Crippen LogP contribution in [0.1, 0.15) is 151 Å². The molecule has 0 aliphatic heterocycles. The highest BCUT2D eigenvalue weighted by Gasteiger charge is 2.35. The third-order valence-corrected chi connectivity index (χ3v) is 13.4. The maximum absolute atomic E-state index is 14.2. The average Bonchev–Trinajstić information content (AvgIpc) is 3.86. The summed E-state index contributed by atoms with van der Waals surface area (Å²) in [6.45, 7) is -0.351. The van der Waals surface area contributed by atoms with E-state index in [0.29, 0.717) is 42.0 Å². The van der Waals surface area contributed by atoms with Gasteiger partial charge in [0.2, 0.25) is 17.7 Å². The third-order valence-electron chi connectivity index (χ3n) is 13.4. The van der Waals surface area contributed by atoms with Gasteiger partial charge in [0.05, 0.1) is 24.3 Å². The number of amides is 8. The van der Waals surface area contributed by atoms with Crippen LogP contribution >= 0.6 is 0 Å². The lowest BCUT2D eigenvalue weighted by molar-refractivity contribution is -0.144. The van der Waals surface area contributed by atoms with Crippen molar-refractivity contribution in [3.63, 3.8) is 0 Å². The van der Waals surface area contributed by atoms with Gasteiger partial charge in [-0.25, -0.2) is 33.4 Å². The number of likely N-dealkylation sites (N-methyl/N-ethyl adjacent to an activating group) is 1. The van der Waals surface area contributed by atoms with Gasteiger partial charge in [0, 0.05) is 76.3 Å². The minimum atomic E-state index is -1.61. The predicted octanol–water partition coefficient (Wildman–Crippen LogP) is 1.80. The summed E-state index contributed by atoms with van der Waals surface area (Å²) in [7, 11) is 1.08. The molecular formula is C53H78FN11O20. The molecule has 472 valence electrons. The predicted molar refractivity (Wildman–Crippen MR) is 294 cm³/mol. The SMILES string of the molecule is CN(C(=O)N[C@@H](CCCCNC(=O)CCC(CCC(=O)NCCCCCC(=O)O)(CCC(=O)NCCCC[C@H](NC(=O)N[C@@H](CCC(=O)O)C(=O)O)C(=O)O)NC(=O)c1ccc(-n2cc(CCCF)nn2)cc1)C(=O)O)C(CCC(=O)O)C(=O)O. The number of aromatic nitrogens is 3. The number of nitrogens with one attached hydrogen (secondary N) is 7. The molecule has 1 heterocycles. The number of carbonyl (C=O) groups excluding carboxylic acids is 6. The number of carboxylic acid groups (broad SMARTS) is 7. The van der Waals surface area contributed by atoms with E-state index in [1.165, 1.54) is 16.8 Å². The highest BCUT2D eigenvalue weighted by molar-refractivity contribution is 5.95. The van der Waals surface area contributed by atoms with E-state index in [4.69, 9.17) is 15.3 Å². The molecule has 1 aromatic heterocycles. The van der Waals surface area contributed by atoms with E-state index in [1.807, 2.05) is 5.32 Å². The van der Waals surface area contributed by atoms with Crippen LogP contribution in [0.15, 0.2) is 30.5 Å². The number of alkyl halides is 1. The molecule has 0 saturated heterocycles. The summed E-state index contributed by atoms with van der Waals surface area (Å²) < 4.78 is 14.2. The van der Waals surface area contributed by atoms with E-state index in [-0.39, 0.29) is 115 Å². The fourth-order valence-corrected chi connectivity index (χ4v) is 8.49. The normalized spacial score (nSPS) is 13.0. The lowest BCUT2D eigenvalue weighted by Gasteiger charge is -2.35. The van der Waals surface area contributed by atoms with Crippen molar-refractivity contribution < 1.29 is 102 Å². The van der Waals surface area contributed by atoms with E-state index in [1.54, 1.807) is 18.3 Å². The number of halogens is 1. The van der Waals surface area contributed by atoms with Gasteiger partial charge in [-0.2, -0.15) is 0 Å². The van der Waals surface area contributed by atoms with Crippen LogP contribution in [0.3, 0.4) is 0 Å². The number of carbonyl (C=O) groups is 13. The summed E-state index contributed by atoms with van der Waals surface area (Å²) in [5.74, 6) is -11.7. The minimum Gasteiger partial charge on any atom is -0.481 e. The van der Waals surface area contributed by atoms with Crippen LogP contribution in [-0.4, -0.2) is 196 Å².